The zero-order chi connectivity index (χ0) is 27.6. The molecule has 0 unspecified atom stereocenters. The van der Waals surface area contributed by atoms with Crippen molar-refractivity contribution in [3.8, 4) is 11.5 Å². The van der Waals surface area contributed by atoms with Crippen LogP contribution in [-0.4, -0.2) is 53.4 Å². The molecule has 9 nitrogen and oxygen atoms in total. The van der Waals surface area contributed by atoms with Crippen LogP contribution in [0.5, 0.6) is 11.5 Å². The molecule has 1 aliphatic rings. The molecule has 0 saturated carbocycles. The molecule has 3 aromatic carbocycles. The minimum absolute atomic E-state index is 0.131. The highest BCUT2D eigenvalue weighted by molar-refractivity contribution is 7.92. The third kappa shape index (κ3) is 5.17. The molecular weight excluding hydrogens is 538 g/mol. The normalized spacial score (nSPS) is 13.9. The van der Waals surface area contributed by atoms with Gasteiger partial charge in [0.2, 0.25) is 0 Å². The van der Waals surface area contributed by atoms with Gasteiger partial charge in [-0.3, -0.25) is 9.10 Å². The van der Waals surface area contributed by atoms with Crippen LogP contribution < -0.4 is 18.6 Å². The van der Waals surface area contributed by atoms with Crippen LogP contribution in [-0.2, 0) is 27.7 Å². The number of hydrogen-bond donors (Lipinski definition) is 0. The third-order valence-corrected chi connectivity index (χ3v) is 9.53. The summed E-state index contributed by atoms with van der Waals surface area (Å²) in [7, 11) is 0.973. The number of aryl methyl sites for hydroxylation is 1. The summed E-state index contributed by atoms with van der Waals surface area (Å²) >= 11 is 1.35. The van der Waals surface area contributed by atoms with Crippen molar-refractivity contribution in [3.05, 3.63) is 76.6 Å². The summed E-state index contributed by atoms with van der Waals surface area (Å²) in [6.07, 6.45) is 1.60. The highest BCUT2D eigenvalue weighted by Crippen LogP contribution is 2.34. The fourth-order valence-corrected chi connectivity index (χ4v) is 7.28. The molecule has 2 heterocycles. The molecule has 0 bridgehead atoms. The Labute approximate surface area is 230 Å². The number of aromatic nitrogens is 1. The van der Waals surface area contributed by atoms with Gasteiger partial charge in [-0.25, -0.2) is 8.42 Å². The van der Waals surface area contributed by atoms with E-state index in [-0.39, 0.29) is 4.90 Å². The van der Waals surface area contributed by atoms with Crippen molar-refractivity contribution >= 4 is 43.2 Å². The van der Waals surface area contributed by atoms with Crippen molar-refractivity contribution in [2.45, 2.75) is 24.3 Å². The molecule has 4 aromatic rings. The first-order valence-electron chi connectivity index (χ1n) is 12.4. The standard InChI is InChI=1S/C28H29N3O6S2/c1-35-16-15-30-23-17-24(36-2)25(37-3)18-26(23)38-28(30)29-27(32)20-10-12-21(13-11-20)39(33,34)31-14-6-8-19-7-4-5-9-22(19)31/h4-5,7,9-13,17-18H,6,8,14-16H2,1-3H3. The molecular formula is C28H29N3O6S2. The third-order valence-electron chi connectivity index (χ3n) is 6.66. The summed E-state index contributed by atoms with van der Waals surface area (Å²) in [4.78, 5) is 18.2. The summed E-state index contributed by atoms with van der Waals surface area (Å²) in [5.74, 6) is 0.676. The number of anilines is 1. The number of carbonyl (C=O) groups is 1. The predicted molar refractivity (Wildman–Crippen MR) is 150 cm³/mol. The number of thiazole rings is 1. The topological polar surface area (TPSA) is 99.4 Å². The molecule has 11 heteroatoms. The lowest BCUT2D eigenvalue weighted by atomic mass is 10.0. The zero-order valence-corrected chi connectivity index (χ0v) is 23.5. The molecule has 1 aliphatic heterocycles. The van der Waals surface area contributed by atoms with Crippen molar-refractivity contribution in [1.29, 1.82) is 0 Å². The van der Waals surface area contributed by atoms with Crippen LogP contribution in [0.2, 0.25) is 0 Å². The molecule has 1 amide bonds. The molecule has 0 spiro atoms. The second-order valence-corrected chi connectivity index (χ2v) is 11.8. The zero-order valence-electron chi connectivity index (χ0n) is 21.9. The average Bonchev–Trinajstić information content (AvgIpc) is 3.30. The highest BCUT2D eigenvalue weighted by atomic mass is 32.2. The minimum atomic E-state index is -3.77. The van der Waals surface area contributed by atoms with Crippen LogP contribution in [0, 0.1) is 0 Å². The van der Waals surface area contributed by atoms with Crippen molar-refractivity contribution in [3.63, 3.8) is 0 Å². The van der Waals surface area contributed by atoms with Crippen LogP contribution in [0.3, 0.4) is 0 Å². The smallest absolute Gasteiger partial charge is 0.279 e. The molecule has 0 fully saturated rings. The van der Waals surface area contributed by atoms with Gasteiger partial charge in [0.15, 0.2) is 16.3 Å². The van der Waals surface area contributed by atoms with Crippen LogP contribution in [0.15, 0.2) is 70.6 Å². The van der Waals surface area contributed by atoms with Crippen LogP contribution in [0.1, 0.15) is 22.3 Å². The summed E-state index contributed by atoms with van der Waals surface area (Å²) in [5.41, 5.74) is 2.85. The Hall–Kier alpha value is -3.67. The first kappa shape index (κ1) is 26.9. The van der Waals surface area contributed by atoms with Gasteiger partial charge in [-0.15, -0.1) is 0 Å². The van der Waals surface area contributed by atoms with Gasteiger partial charge in [-0.2, -0.15) is 4.99 Å². The van der Waals surface area contributed by atoms with Gasteiger partial charge in [-0.1, -0.05) is 29.5 Å². The molecule has 0 atom stereocenters. The largest absolute Gasteiger partial charge is 0.493 e. The van der Waals surface area contributed by atoms with Gasteiger partial charge < -0.3 is 18.8 Å². The van der Waals surface area contributed by atoms with Crippen LogP contribution >= 0.6 is 11.3 Å². The Bertz CT molecular complexity index is 1690. The second kappa shape index (κ2) is 11.2. The molecule has 0 N–H and O–H groups in total. The average molecular weight is 568 g/mol. The number of carbonyl (C=O) groups excluding carboxylic acids is 1. The molecule has 1 aromatic heterocycles. The Morgan fingerprint density at radius 1 is 1.00 bits per heavy atom. The van der Waals surface area contributed by atoms with E-state index in [2.05, 4.69) is 4.99 Å². The van der Waals surface area contributed by atoms with Crippen LogP contribution in [0.4, 0.5) is 5.69 Å². The number of methoxy groups -OCH3 is 3. The van der Waals surface area contributed by atoms with Gasteiger partial charge in [0, 0.05) is 37.9 Å². The Morgan fingerprint density at radius 2 is 1.72 bits per heavy atom. The Kier molecular flexibility index (Phi) is 7.74. The van der Waals surface area contributed by atoms with Gasteiger partial charge in [0.1, 0.15) is 0 Å². The maximum absolute atomic E-state index is 13.5. The van der Waals surface area contributed by atoms with E-state index in [1.807, 2.05) is 41.0 Å². The van der Waals surface area contributed by atoms with Crippen molar-refractivity contribution in [1.82, 2.24) is 4.57 Å². The number of sulfonamides is 1. The fraction of sp³-hybridized carbons (Fsp3) is 0.286. The van der Waals surface area contributed by atoms with E-state index in [1.54, 1.807) is 21.3 Å². The lowest BCUT2D eigenvalue weighted by Crippen LogP contribution is -2.35. The molecule has 0 radical (unpaired) electrons. The van der Waals surface area contributed by atoms with Gasteiger partial charge in [-0.05, 0) is 48.7 Å². The number of fused-ring (bicyclic) bond motifs is 2. The summed E-state index contributed by atoms with van der Waals surface area (Å²) in [5, 5.41) is 0. The molecule has 5 rings (SSSR count). The number of amides is 1. The highest BCUT2D eigenvalue weighted by Gasteiger charge is 2.29. The van der Waals surface area contributed by atoms with E-state index < -0.39 is 15.9 Å². The fourth-order valence-electron chi connectivity index (χ4n) is 4.68. The number of nitrogens with zero attached hydrogens (tertiary/aromatic N) is 3. The lowest BCUT2D eigenvalue weighted by Gasteiger charge is -2.30. The number of hydrogen-bond acceptors (Lipinski definition) is 7. The molecule has 39 heavy (non-hydrogen) atoms. The maximum Gasteiger partial charge on any atom is 0.279 e. The van der Waals surface area contributed by atoms with Crippen molar-refractivity contribution in [2.24, 2.45) is 4.99 Å². The lowest BCUT2D eigenvalue weighted by molar-refractivity contribution is 0.0997. The summed E-state index contributed by atoms with van der Waals surface area (Å²) < 4.78 is 47.3. The van der Waals surface area contributed by atoms with E-state index in [0.717, 1.165) is 28.6 Å². The van der Waals surface area contributed by atoms with E-state index >= 15 is 0 Å². The first-order chi connectivity index (χ1) is 18.9. The minimum Gasteiger partial charge on any atom is -0.493 e. The van der Waals surface area contributed by atoms with Gasteiger partial charge in [0.05, 0.1) is 41.6 Å². The molecule has 0 saturated heterocycles. The van der Waals surface area contributed by atoms with Crippen molar-refractivity contribution < 1.29 is 27.4 Å². The molecule has 204 valence electrons. The number of benzene rings is 3. The van der Waals surface area contributed by atoms with E-state index in [1.165, 1.54) is 39.9 Å². The molecule has 0 aliphatic carbocycles. The van der Waals surface area contributed by atoms with Gasteiger partial charge >= 0.3 is 0 Å². The predicted octanol–water partition coefficient (Wildman–Crippen LogP) is 4.25. The van der Waals surface area contributed by atoms with Crippen LogP contribution in [0.25, 0.3) is 10.2 Å². The Morgan fingerprint density at radius 3 is 2.44 bits per heavy atom. The number of rotatable bonds is 8. The van der Waals surface area contributed by atoms with E-state index in [4.69, 9.17) is 14.2 Å². The maximum atomic E-state index is 13.5. The summed E-state index contributed by atoms with van der Waals surface area (Å²) in [6.45, 7) is 1.32. The second-order valence-electron chi connectivity index (χ2n) is 8.95. The SMILES string of the molecule is COCCn1c(=NC(=O)c2ccc(S(=O)(=O)N3CCCc4ccccc43)cc2)sc2cc(OC)c(OC)cc21. The number of para-hydroxylation sites is 1. The van der Waals surface area contributed by atoms with E-state index in [9.17, 15) is 13.2 Å². The quantitative estimate of drug-likeness (QED) is 0.316. The summed E-state index contributed by atoms with van der Waals surface area (Å²) in [6, 6.07) is 17.2. The van der Waals surface area contributed by atoms with Gasteiger partial charge in [0.25, 0.3) is 15.9 Å². The Balaban J connectivity index is 1.48. The monoisotopic (exact) mass is 567 g/mol. The first-order valence-corrected chi connectivity index (χ1v) is 14.7. The van der Waals surface area contributed by atoms with E-state index in [0.29, 0.717) is 47.2 Å². The van der Waals surface area contributed by atoms with Crippen molar-refractivity contribution in [2.75, 3.05) is 38.8 Å². The number of ether oxygens (including phenoxy) is 3.